The van der Waals surface area contributed by atoms with Crippen molar-refractivity contribution in [3.05, 3.63) is 22.4 Å². The number of nitrogens with zero attached hydrogens (tertiary/aromatic N) is 1. The molecule has 0 spiro atoms. The lowest BCUT2D eigenvalue weighted by Crippen LogP contribution is -2.59. The lowest BCUT2D eigenvalue weighted by molar-refractivity contribution is 0.0808. The molecule has 3 heteroatoms. The molecule has 3 atom stereocenters. The van der Waals surface area contributed by atoms with Gasteiger partial charge in [0, 0.05) is 36.1 Å². The molecule has 1 aliphatic carbocycles. The second-order valence-corrected chi connectivity index (χ2v) is 7.28. The molecule has 1 aromatic heterocycles. The van der Waals surface area contributed by atoms with Crippen LogP contribution in [-0.2, 0) is 6.42 Å². The first-order chi connectivity index (χ1) is 9.28. The fourth-order valence-corrected chi connectivity index (χ4v) is 4.24. The largest absolute Gasteiger partial charge is 0.311 e. The van der Waals surface area contributed by atoms with E-state index in [1.165, 1.54) is 43.6 Å². The standard InChI is InChI=1S/C16H26N2S/c1-3-14-10-17-16(13-6-7-13)11-18(14)12(2)9-15-5-4-8-19-15/h4-5,8,12-14,16-17H,3,6-7,9-11H2,1-2H3. The molecule has 0 aromatic carbocycles. The maximum atomic E-state index is 3.79. The van der Waals surface area contributed by atoms with E-state index in [0.717, 1.165) is 18.0 Å². The molecule has 3 unspecified atom stereocenters. The summed E-state index contributed by atoms with van der Waals surface area (Å²) in [6, 6.07) is 6.61. The third-order valence-electron chi connectivity index (χ3n) is 4.80. The van der Waals surface area contributed by atoms with Gasteiger partial charge < -0.3 is 5.32 Å². The number of hydrogen-bond acceptors (Lipinski definition) is 3. The number of thiophene rings is 1. The van der Waals surface area contributed by atoms with Gasteiger partial charge in [-0.1, -0.05) is 13.0 Å². The van der Waals surface area contributed by atoms with Gasteiger partial charge in [-0.3, -0.25) is 4.90 Å². The van der Waals surface area contributed by atoms with Crippen LogP contribution in [0.5, 0.6) is 0 Å². The second-order valence-electron chi connectivity index (χ2n) is 6.24. The average Bonchev–Trinajstić information content (AvgIpc) is 3.17. The summed E-state index contributed by atoms with van der Waals surface area (Å²) in [6.45, 7) is 7.19. The third kappa shape index (κ3) is 3.21. The molecule has 1 N–H and O–H groups in total. The molecule has 106 valence electrons. The number of piperazine rings is 1. The van der Waals surface area contributed by atoms with Crippen LogP contribution in [-0.4, -0.2) is 36.1 Å². The minimum absolute atomic E-state index is 0.673. The van der Waals surface area contributed by atoms with E-state index in [2.05, 4.69) is 41.6 Å². The minimum atomic E-state index is 0.673. The first-order valence-corrected chi connectivity index (χ1v) is 8.67. The zero-order chi connectivity index (χ0) is 13.2. The van der Waals surface area contributed by atoms with Crippen molar-refractivity contribution in [3.63, 3.8) is 0 Å². The molecule has 1 aliphatic heterocycles. The average molecular weight is 278 g/mol. The van der Waals surface area contributed by atoms with Crippen LogP contribution in [0.15, 0.2) is 17.5 Å². The second kappa shape index (κ2) is 5.94. The van der Waals surface area contributed by atoms with Crippen molar-refractivity contribution in [2.24, 2.45) is 5.92 Å². The Morgan fingerprint density at radius 1 is 1.47 bits per heavy atom. The van der Waals surface area contributed by atoms with E-state index in [1.807, 2.05) is 11.3 Å². The molecule has 1 saturated heterocycles. The summed E-state index contributed by atoms with van der Waals surface area (Å²) in [5.41, 5.74) is 0. The minimum Gasteiger partial charge on any atom is -0.311 e. The normalized spacial score (nSPS) is 30.4. The van der Waals surface area contributed by atoms with Gasteiger partial charge in [-0.25, -0.2) is 0 Å². The molecule has 2 heterocycles. The van der Waals surface area contributed by atoms with Crippen LogP contribution < -0.4 is 5.32 Å². The fraction of sp³-hybridized carbons (Fsp3) is 0.750. The molecule has 1 saturated carbocycles. The van der Waals surface area contributed by atoms with Crippen LogP contribution in [0.25, 0.3) is 0 Å². The van der Waals surface area contributed by atoms with Gasteiger partial charge >= 0.3 is 0 Å². The van der Waals surface area contributed by atoms with Gasteiger partial charge in [0.25, 0.3) is 0 Å². The van der Waals surface area contributed by atoms with Crippen LogP contribution in [0.2, 0.25) is 0 Å². The van der Waals surface area contributed by atoms with Gasteiger partial charge in [-0.05, 0) is 50.0 Å². The molecule has 0 bridgehead atoms. The van der Waals surface area contributed by atoms with Gasteiger partial charge in [0.15, 0.2) is 0 Å². The predicted octanol–water partition coefficient (Wildman–Crippen LogP) is 3.14. The maximum Gasteiger partial charge on any atom is 0.0224 e. The van der Waals surface area contributed by atoms with E-state index < -0.39 is 0 Å². The number of nitrogens with one attached hydrogen (secondary N) is 1. The Kier molecular flexibility index (Phi) is 4.25. The summed E-state index contributed by atoms with van der Waals surface area (Å²) in [6.07, 6.45) is 5.37. The van der Waals surface area contributed by atoms with Gasteiger partial charge in [0.1, 0.15) is 0 Å². The number of hydrogen-bond donors (Lipinski definition) is 1. The SMILES string of the molecule is CCC1CNC(C2CC2)CN1C(C)Cc1cccs1. The highest BCUT2D eigenvalue weighted by Crippen LogP contribution is 2.35. The smallest absolute Gasteiger partial charge is 0.0224 e. The quantitative estimate of drug-likeness (QED) is 0.890. The van der Waals surface area contributed by atoms with E-state index in [9.17, 15) is 0 Å². The predicted molar refractivity (Wildman–Crippen MR) is 82.8 cm³/mol. The summed E-state index contributed by atoms with van der Waals surface area (Å²) in [5.74, 6) is 0.967. The summed E-state index contributed by atoms with van der Waals surface area (Å²) >= 11 is 1.90. The Labute approximate surface area is 121 Å². The summed E-state index contributed by atoms with van der Waals surface area (Å²) < 4.78 is 0. The lowest BCUT2D eigenvalue weighted by atomic mass is 10.00. The summed E-state index contributed by atoms with van der Waals surface area (Å²) in [4.78, 5) is 4.31. The first kappa shape index (κ1) is 13.6. The lowest BCUT2D eigenvalue weighted by Gasteiger charge is -2.43. The molecular formula is C16H26N2S. The molecule has 0 radical (unpaired) electrons. The van der Waals surface area contributed by atoms with E-state index >= 15 is 0 Å². The molecule has 2 aliphatic rings. The highest BCUT2D eigenvalue weighted by atomic mass is 32.1. The molecular weight excluding hydrogens is 252 g/mol. The molecule has 1 aromatic rings. The fourth-order valence-electron chi connectivity index (χ4n) is 3.42. The van der Waals surface area contributed by atoms with Gasteiger partial charge in [0.05, 0.1) is 0 Å². The summed E-state index contributed by atoms with van der Waals surface area (Å²) in [7, 11) is 0. The zero-order valence-electron chi connectivity index (χ0n) is 12.1. The molecule has 2 nitrogen and oxygen atoms in total. The molecule has 0 amide bonds. The van der Waals surface area contributed by atoms with E-state index in [4.69, 9.17) is 0 Å². The molecule has 19 heavy (non-hydrogen) atoms. The van der Waals surface area contributed by atoms with Crippen molar-refractivity contribution in [1.82, 2.24) is 10.2 Å². The van der Waals surface area contributed by atoms with E-state index in [1.54, 1.807) is 0 Å². The van der Waals surface area contributed by atoms with E-state index in [0.29, 0.717) is 6.04 Å². The third-order valence-corrected chi connectivity index (χ3v) is 5.70. The van der Waals surface area contributed by atoms with Crippen LogP contribution in [0.3, 0.4) is 0 Å². The van der Waals surface area contributed by atoms with Gasteiger partial charge in [-0.2, -0.15) is 0 Å². The number of rotatable bonds is 5. The molecule has 3 rings (SSSR count). The topological polar surface area (TPSA) is 15.3 Å². The van der Waals surface area contributed by atoms with Gasteiger partial charge in [0.2, 0.25) is 0 Å². The highest BCUT2D eigenvalue weighted by molar-refractivity contribution is 7.09. The Balaban J connectivity index is 1.63. The van der Waals surface area contributed by atoms with Crippen LogP contribution in [0, 0.1) is 5.92 Å². The maximum absolute atomic E-state index is 3.79. The monoisotopic (exact) mass is 278 g/mol. The van der Waals surface area contributed by atoms with Crippen LogP contribution in [0.1, 0.15) is 38.0 Å². The van der Waals surface area contributed by atoms with Gasteiger partial charge in [-0.15, -0.1) is 11.3 Å². The van der Waals surface area contributed by atoms with Crippen molar-refractivity contribution in [2.75, 3.05) is 13.1 Å². The van der Waals surface area contributed by atoms with Crippen LogP contribution in [0.4, 0.5) is 0 Å². The Bertz CT molecular complexity index is 385. The Morgan fingerprint density at radius 3 is 2.95 bits per heavy atom. The highest BCUT2D eigenvalue weighted by Gasteiger charge is 2.37. The van der Waals surface area contributed by atoms with Crippen molar-refractivity contribution >= 4 is 11.3 Å². The Morgan fingerprint density at radius 2 is 2.32 bits per heavy atom. The zero-order valence-corrected chi connectivity index (χ0v) is 13.0. The van der Waals surface area contributed by atoms with E-state index in [-0.39, 0.29) is 0 Å². The van der Waals surface area contributed by atoms with Crippen molar-refractivity contribution in [1.29, 1.82) is 0 Å². The molecule has 2 fully saturated rings. The first-order valence-electron chi connectivity index (χ1n) is 7.79. The Hall–Kier alpha value is -0.380. The summed E-state index contributed by atoms with van der Waals surface area (Å²) in [5, 5.41) is 5.99. The van der Waals surface area contributed by atoms with Crippen molar-refractivity contribution in [3.8, 4) is 0 Å². The van der Waals surface area contributed by atoms with Crippen molar-refractivity contribution in [2.45, 2.75) is 57.7 Å². The van der Waals surface area contributed by atoms with Crippen molar-refractivity contribution < 1.29 is 0 Å². The van der Waals surface area contributed by atoms with Crippen LogP contribution >= 0.6 is 11.3 Å².